The Bertz CT molecular complexity index is 397. The molecule has 0 heterocycles. The Labute approximate surface area is 107 Å². The van der Waals surface area contributed by atoms with Crippen molar-refractivity contribution in [2.45, 2.75) is 31.5 Å². The van der Waals surface area contributed by atoms with E-state index >= 15 is 0 Å². The van der Waals surface area contributed by atoms with E-state index in [0.29, 0.717) is 6.42 Å². The fourth-order valence-electron chi connectivity index (χ4n) is 2.13. The fourth-order valence-corrected chi connectivity index (χ4v) is 2.13. The Balaban J connectivity index is 1.85. The smallest absolute Gasteiger partial charge is 0.160 e. The largest absolute Gasteiger partial charge is 0.493 e. The van der Waals surface area contributed by atoms with Gasteiger partial charge in [0.15, 0.2) is 11.5 Å². The maximum absolute atomic E-state index is 13.0. The molecule has 1 aromatic carbocycles. The molecule has 0 radical (unpaired) electrons. The quantitative estimate of drug-likeness (QED) is 0.844. The average Bonchev–Trinajstić information content (AvgIpc) is 2.41. The van der Waals surface area contributed by atoms with Gasteiger partial charge in [0.05, 0.1) is 14.2 Å². The van der Waals surface area contributed by atoms with Crippen molar-refractivity contribution in [3.05, 3.63) is 23.8 Å². The summed E-state index contributed by atoms with van der Waals surface area (Å²) in [6, 6.07) is 5.94. The normalized spacial score (nSPS) is 22.4. The van der Waals surface area contributed by atoms with Crippen LogP contribution in [0.4, 0.5) is 4.39 Å². The molecule has 100 valence electrons. The SMILES string of the molecule is COc1ccc(CCNC2CCC2F)cc1OC. The summed E-state index contributed by atoms with van der Waals surface area (Å²) in [7, 11) is 3.25. The molecule has 0 spiro atoms. The number of nitrogens with one attached hydrogen (secondary N) is 1. The minimum atomic E-state index is -0.657. The zero-order chi connectivity index (χ0) is 13.0. The molecule has 1 aliphatic rings. The van der Waals surface area contributed by atoms with Gasteiger partial charge in [-0.3, -0.25) is 0 Å². The molecular formula is C14H20FNO2. The van der Waals surface area contributed by atoms with E-state index in [9.17, 15) is 4.39 Å². The number of halogens is 1. The zero-order valence-electron chi connectivity index (χ0n) is 10.9. The summed E-state index contributed by atoms with van der Waals surface area (Å²) in [5, 5.41) is 3.24. The minimum Gasteiger partial charge on any atom is -0.493 e. The summed E-state index contributed by atoms with van der Waals surface area (Å²) < 4.78 is 23.5. The summed E-state index contributed by atoms with van der Waals surface area (Å²) in [5.41, 5.74) is 1.16. The summed E-state index contributed by atoms with van der Waals surface area (Å²) >= 11 is 0. The molecule has 0 aliphatic heterocycles. The molecule has 2 unspecified atom stereocenters. The molecule has 1 aromatic rings. The molecule has 18 heavy (non-hydrogen) atoms. The number of alkyl halides is 1. The molecule has 0 bridgehead atoms. The molecule has 2 rings (SSSR count). The van der Waals surface area contributed by atoms with Gasteiger partial charge in [-0.1, -0.05) is 6.07 Å². The van der Waals surface area contributed by atoms with Crippen LogP contribution in [0, 0.1) is 0 Å². The lowest BCUT2D eigenvalue weighted by Crippen LogP contribution is -2.46. The standard InChI is InChI=1S/C14H20FNO2/c1-17-13-6-3-10(9-14(13)18-2)7-8-16-12-5-4-11(12)15/h3,6,9,11-12,16H,4-5,7-8H2,1-2H3. The van der Waals surface area contributed by atoms with Gasteiger partial charge in [-0.25, -0.2) is 4.39 Å². The lowest BCUT2D eigenvalue weighted by Gasteiger charge is -2.31. The van der Waals surface area contributed by atoms with Crippen LogP contribution in [0.5, 0.6) is 11.5 Å². The topological polar surface area (TPSA) is 30.5 Å². The lowest BCUT2D eigenvalue weighted by molar-refractivity contribution is 0.143. The van der Waals surface area contributed by atoms with Gasteiger partial charge in [-0.05, 0) is 43.5 Å². The van der Waals surface area contributed by atoms with E-state index in [1.54, 1.807) is 14.2 Å². The molecule has 4 heteroatoms. The van der Waals surface area contributed by atoms with E-state index < -0.39 is 6.17 Å². The van der Waals surface area contributed by atoms with Crippen molar-refractivity contribution >= 4 is 0 Å². The van der Waals surface area contributed by atoms with Gasteiger partial charge in [0, 0.05) is 6.04 Å². The third-order valence-corrected chi connectivity index (χ3v) is 3.46. The number of hydrogen-bond donors (Lipinski definition) is 1. The molecule has 2 atom stereocenters. The van der Waals surface area contributed by atoms with E-state index in [4.69, 9.17) is 9.47 Å². The van der Waals surface area contributed by atoms with E-state index in [1.165, 1.54) is 0 Å². The predicted molar refractivity (Wildman–Crippen MR) is 69.2 cm³/mol. The van der Waals surface area contributed by atoms with Crippen molar-refractivity contribution in [2.75, 3.05) is 20.8 Å². The van der Waals surface area contributed by atoms with Gasteiger partial charge < -0.3 is 14.8 Å². The second kappa shape index (κ2) is 6.05. The second-order valence-corrected chi connectivity index (χ2v) is 4.59. The zero-order valence-corrected chi connectivity index (χ0v) is 10.9. The summed E-state index contributed by atoms with van der Waals surface area (Å²) in [6.07, 6.45) is 1.86. The summed E-state index contributed by atoms with van der Waals surface area (Å²) in [5.74, 6) is 1.47. The van der Waals surface area contributed by atoms with Crippen molar-refractivity contribution in [3.8, 4) is 11.5 Å². The maximum atomic E-state index is 13.0. The molecule has 1 aliphatic carbocycles. The fraction of sp³-hybridized carbons (Fsp3) is 0.571. The van der Waals surface area contributed by atoms with Gasteiger partial charge in [0.1, 0.15) is 6.17 Å². The first-order valence-corrected chi connectivity index (χ1v) is 6.33. The highest BCUT2D eigenvalue weighted by Gasteiger charge is 2.29. The number of ether oxygens (including phenoxy) is 2. The van der Waals surface area contributed by atoms with Gasteiger partial charge >= 0.3 is 0 Å². The Kier molecular flexibility index (Phi) is 4.42. The minimum absolute atomic E-state index is 0.0603. The third kappa shape index (κ3) is 2.93. The number of benzene rings is 1. The Morgan fingerprint density at radius 3 is 2.56 bits per heavy atom. The maximum Gasteiger partial charge on any atom is 0.160 e. The van der Waals surface area contributed by atoms with Crippen LogP contribution in [-0.4, -0.2) is 33.0 Å². The second-order valence-electron chi connectivity index (χ2n) is 4.59. The summed E-state index contributed by atoms with van der Waals surface area (Å²) in [6.45, 7) is 0.792. The molecule has 3 nitrogen and oxygen atoms in total. The van der Waals surface area contributed by atoms with E-state index in [0.717, 1.165) is 36.4 Å². The average molecular weight is 253 g/mol. The van der Waals surface area contributed by atoms with Crippen molar-refractivity contribution in [3.63, 3.8) is 0 Å². The molecule has 1 fully saturated rings. The van der Waals surface area contributed by atoms with Crippen LogP contribution in [0.1, 0.15) is 18.4 Å². The molecule has 1 saturated carbocycles. The monoisotopic (exact) mass is 253 g/mol. The first-order chi connectivity index (χ1) is 8.74. The van der Waals surface area contributed by atoms with Crippen molar-refractivity contribution in [1.29, 1.82) is 0 Å². The lowest BCUT2D eigenvalue weighted by atomic mass is 9.90. The van der Waals surface area contributed by atoms with Crippen LogP contribution < -0.4 is 14.8 Å². The van der Waals surface area contributed by atoms with Crippen LogP contribution in [0.15, 0.2) is 18.2 Å². The van der Waals surface area contributed by atoms with Crippen LogP contribution >= 0.6 is 0 Å². The Morgan fingerprint density at radius 1 is 1.22 bits per heavy atom. The first-order valence-electron chi connectivity index (χ1n) is 6.33. The third-order valence-electron chi connectivity index (χ3n) is 3.46. The van der Waals surface area contributed by atoms with Crippen molar-refractivity contribution < 1.29 is 13.9 Å². The molecule has 0 aromatic heterocycles. The van der Waals surface area contributed by atoms with Crippen LogP contribution in [0.2, 0.25) is 0 Å². The highest BCUT2D eigenvalue weighted by Crippen LogP contribution is 2.28. The number of hydrogen-bond acceptors (Lipinski definition) is 3. The predicted octanol–water partition coefficient (Wildman–Crippen LogP) is 2.34. The van der Waals surface area contributed by atoms with Crippen molar-refractivity contribution in [2.24, 2.45) is 0 Å². The van der Waals surface area contributed by atoms with Crippen LogP contribution in [0.25, 0.3) is 0 Å². The summed E-state index contributed by atoms with van der Waals surface area (Å²) in [4.78, 5) is 0. The van der Waals surface area contributed by atoms with Gasteiger partial charge in [-0.2, -0.15) is 0 Å². The van der Waals surface area contributed by atoms with Gasteiger partial charge in [0.2, 0.25) is 0 Å². The van der Waals surface area contributed by atoms with E-state index in [1.807, 2.05) is 18.2 Å². The first kappa shape index (κ1) is 13.1. The van der Waals surface area contributed by atoms with Gasteiger partial charge in [-0.15, -0.1) is 0 Å². The Morgan fingerprint density at radius 2 is 2.00 bits per heavy atom. The van der Waals surface area contributed by atoms with Crippen LogP contribution in [0.3, 0.4) is 0 Å². The molecule has 0 saturated heterocycles. The molecule has 0 amide bonds. The number of rotatable bonds is 6. The van der Waals surface area contributed by atoms with E-state index in [2.05, 4.69) is 5.32 Å². The van der Waals surface area contributed by atoms with Gasteiger partial charge in [0.25, 0.3) is 0 Å². The Hall–Kier alpha value is -1.29. The van der Waals surface area contributed by atoms with Crippen LogP contribution in [-0.2, 0) is 6.42 Å². The van der Waals surface area contributed by atoms with E-state index in [-0.39, 0.29) is 6.04 Å². The molecule has 1 N–H and O–H groups in total. The highest BCUT2D eigenvalue weighted by molar-refractivity contribution is 5.42. The van der Waals surface area contributed by atoms with Crippen molar-refractivity contribution in [1.82, 2.24) is 5.32 Å². The molecular weight excluding hydrogens is 233 g/mol. The number of methoxy groups -OCH3 is 2. The highest BCUT2D eigenvalue weighted by atomic mass is 19.1.